The van der Waals surface area contributed by atoms with Gasteiger partial charge in [-0.15, -0.1) is 0 Å². The van der Waals surface area contributed by atoms with Crippen LogP contribution in [0.4, 0.5) is 0 Å². The van der Waals surface area contributed by atoms with Crippen molar-refractivity contribution in [2.45, 2.75) is 12.2 Å². The van der Waals surface area contributed by atoms with Gasteiger partial charge in [0.05, 0.1) is 0 Å². The van der Waals surface area contributed by atoms with E-state index >= 15 is 0 Å². The fraction of sp³-hybridized carbons (Fsp3) is 0.250. The van der Waals surface area contributed by atoms with Gasteiger partial charge in [-0.3, -0.25) is 0 Å². The number of rotatable bonds is 5. The number of aliphatic hydroxyl groups excluding tert-OH is 2. The van der Waals surface area contributed by atoms with Crippen molar-refractivity contribution in [3.8, 4) is 0 Å². The van der Waals surface area contributed by atoms with Crippen molar-refractivity contribution in [3.05, 3.63) is 12.2 Å². The molecule has 0 aromatic carbocycles. The van der Waals surface area contributed by atoms with Crippen LogP contribution in [0.5, 0.6) is 0 Å². The molecule has 0 bridgehead atoms. The Balaban J connectivity index is 0. The Morgan fingerprint density at radius 1 is 0.667 bits per heavy atom. The summed E-state index contributed by atoms with van der Waals surface area (Å²) in [5, 5.41) is 48.2. The van der Waals surface area contributed by atoms with Crippen LogP contribution in [0.2, 0.25) is 0 Å². The van der Waals surface area contributed by atoms with Gasteiger partial charge in [0.1, 0.15) is 0 Å². The summed E-state index contributed by atoms with van der Waals surface area (Å²) >= 11 is 0. The molecule has 0 heterocycles. The van der Waals surface area contributed by atoms with Crippen LogP contribution >= 0.6 is 0 Å². The molecule has 2 atom stereocenters. The maximum absolute atomic E-state index is 9.77. The summed E-state index contributed by atoms with van der Waals surface area (Å²) in [4.78, 5) is 38.7. The first-order valence-corrected chi connectivity index (χ1v) is 4.05. The van der Waals surface area contributed by atoms with Gasteiger partial charge in [0.25, 0.3) is 0 Å². The summed E-state index contributed by atoms with van der Waals surface area (Å²) in [6, 6.07) is 0. The molecule has 0 aromatic heterocycles. The van der Waals surface area contributed by atoms with Crippen molar-refractivity contribution < 1.29 is 49.8 Å². The second-order valence-corrected chi connectivity index (χ2v) is 2.58. The average molecular weight is 266 g/mol. The second-order valence-electron chi connectivity index (χ2n) is 2.58. The molecule has 0 saturated heterocycles. The molecule has 0 radical (unpaired) electrons. The van der Waals surface area contributed by atoms with Crippen molar-refractivity contribution in [2.75, 3.05) is 0 Å². The van der Waals surface area contributed by atoms with E-state index in [1.54, 1.807) is 0 Å². The van der Waals surface area contributed by atoms with Crippen LogP contribution in [-0.4, -0.2) is 66.7 Å². The lowest BCUT2D eigenvalue weighted by Crippen LogP contribution is -2.39. The number of hydrogen-bond donors (Lipinski definition) is 6. The Kier molecular flexibility index (Phi) is 8.63. The van der Waals surface area contributed by atoms with Crippen molar-refractivity contribution in [3.63, 3.8) is 0 Å². The molecule has 6 N–H and O–H groups in total. The highest BCUT2D eigenvalue weighted by Gasteiger charge is 2.29. The minimum atomic E-state index is -2.27. The molecule has 0 saturated carbocycles. The Morgan fingerprint density at radius 3 is 1.00 bits per heavy atom. The van der Waals surface area contributed by atoms with E-state index in [1.807, 2.05) is 0 Å². The van der Waals surface area contributed by atoms with Gasteiger partial charge in [-0.05, 0) is 0 Å². The number of aliphatic hydroxyl groups is 2. The van der Waals surface area contributed by atoms with Crippen LogP contribution in [0.25, 0.3) is 0 Å². The lowest BCUT2D eigenvalue weighted by atomic mass is 10.2. The van der Waals surface area contributed by atoms with Crippen LogP contribution in [0.15, 0.2) is 12.2 Å². The summed E-state index contributed by atoms with van der Waals surface area (Å²) in [6.45, 7) is 0. The maximum atomic E-state index is 9.77. The minimum absolute atomic E-state index is 0.558. The van der Waals surface area contributed by atoms with Crippen molar-refractivity contribution in [1.29, 1.82) is 0 Å². The van der Waals surface area contributed by atoms with Gasteiger partial charge in [0.2, 0.25) is 0 Å². The molecular weight excluding hydrogens is 256 g/mol. The molecule has 0 aliphatic rings. The smallest absolute Gasteiger partial charge is 0.335 e. The standard InChI is InChI=1S/C4H6O6.C4H4O4/c5-1(3(7)8)2(6)4(9)10;5-3(6)1-2-4(7)8/h1-2,5-6H,(H,7,8)(H,9,10);1-2H,(H,5,6)(H,7,8)/b;2-1+. The van der Waals surface area contributed by atoms with Crippen molar-refractivity contribution >= 4 is 23.9 Å². The number of carboxylic acids is 4. The normalized spacial score (nSPS) is 13.0. The molecule has 0 amide bonds. The molecule has 10 nitrogen and oxygen atoms in total. The number of carbonyl (C=O) groups is 4. The van der Waals surface area contributed by atoms with Crippen LogP contribution in [0.3, 0.4) is 0 Å². The predicted octanol–water partition coefficient (Wildman–Crippen LogP) is -2.41. The monoisotopic (exact) mass is 266 g/mol. The summed E-state index contributed by atoms with van der Waals surface area (Å²) in [5.74, 6) is -6.05. The fourth-order valence-corrected chi connectivity index (χ4v) is 0.413. The molecule has 0 aromatic rings. The summed E-state index contributed by atoms with van der Waals surface area (Å²) in [6.07, 6.45) is -3.42. The van der Waals surface area contributed by atoms with E-state index < -0.39 is 36.1 Å². The zero-order valence-corrected chi connectivity index (χ0v) is 8.63. The Bertz CT molecular complexity index is 323. The van der Waals surface area contributed by atoms with Gasteiger partial charge in [0.15, 0.2) is 12.2 Å². The lowest BCUT2D eigenvalue weighted by Gasteiger charge is -2.07. The largest absolute Gasteiger partial charge is 0.479 e. The van der Waals surface area contributed by atoms with Crippen LogP contribution in [0.1, 0.15) is 0 Å². The second kappa shape index (κ2) is 8.66. The van der Waals surface area contributed by atoms with E-state index in [0.29, 0.717) is 12.2 Å². The molecule has 0 rings (SSSR count). The maximum Gasteiger partial charge on any atom is 0.335 e. The third-order valence-corrected chi connectivity index (χ3v) is 1.17. The summed E-state index contributed by atoms with van der Waals surface area (Å²) < 4.78 is 0. The van der Waals surface area contributed by atoms with E-state index in [-0.39, 0.29) is 0 Å². The SMILES string of the molecule is O=C(O)/C=C/C(=O)O.O=C(O)C(O)C(O)C(=O)O. The Labute approximate surface area is 99.0 Å². The average Bonchev–Trinajstić information content (AvgIpc) is 2.24. The third kappa shape index (κ3) is 10.1. The minimum Gasteiger partial charge on any atom is -0.479 e. The number of hydrogen-bond acceptors (Lipinski definition) is 6. The Hall–Kier alpha value is -2.46. The van der Waals surface area contributed by atoms with E-state index in [1.165, 1.54) is 0 Å². The first-order chi connectivity index (χ1) is 8.09. The molecular formula is C8H10O10. The number of aliphatic carboxylic acids is 4. The molecule has 0 aliphatic heterocycles. The lowest BCUT2D eigenvalue weighted by molar-refractivity contribution is -0.165. The molecule has 10 heteroatoms. The summed E-state index contributed by atoms with van der Waals surface area (Å²) in [5.41, 5.74) is 0. The van der Waals surface area contributed by atoms with Gasteiger partial charge >= 0.3 is 23.9 Å². The van der Waals surface area contributed by atoms with E-state index in [9.17, 15) is 19.2 Å². The van der Waals surface area contributed by atoms with E-state index in [4.69, 9.17) is 30.6 Å². The predicted molar refractivity (Wildman–Crippen MR) is 51.7 cm³/mol. The molecule has 18 heavy (non-hydrogen) atoms. The third-order valence-electron chi connectivity index (χ3n) is 1.17. The van der Waals surface area contributed by atoms with Crippen LogP contribution in [-0.2, 0) is 19.2 Å². The molecule has 0 aliphatic carbocycles. The molecule has 0 spiro atoms. The van der Waals surface area contributed by atoms with Crippen molar-refractivity contribution in [1.82, 2.24) is 0 Å². The van der Waals surface area contributed by atoms with Gasteiger partial charge in [-0.25, -0.2) is 19.2 Å². The first-order valence-electron chi connectivity index (χ1n) is 4.05. The van der Waals surface area contributed by atoms with Gasteiger partial charge in [-0.1, -0.05) is 0 Å². The van der Waals surface area contributed by atoms with Crippen LogP contribution in [0, 0.1) is 0 Å². The van der Waals surface area contributed by atoms with Gasteiger partial charge < -0.3 is 30.6 Å². The zero-order chi connectivity index (χ0) is 14.9. The van der Waals surface area contributed by atoms with E-state index in [0.717, 1.165) is 0 Å². The van der Waals surface area contributed by atoms with Crippen LogP contribution < -0.4 is 0 Å². The highest BCUT2D eigenvalue weighted by Crippen LogP contribution is 1.92. The summed E-state index contributed by atoms with van der Waals surface area (Å²) in [7, 11) is 0. The van der Waals surface area contributed by atoms with Gasteiger partial charge in [-0.2, -0.15) is 0 Å². The zero-order valence-electron chi connectivity index (χ0n) is 8.63. The first kappa shape index (κ1) is 17.9. The Morgan fingerprint density at radius 2 is 0.889 bits per heavy atom. The topological polar surface area (TPSA) is 190 Å². The van der Waals surface area contributed by atoms with Gasteiger partial charge in [0, 0.05) is 12.2 Å². The van der Waals surface area contributed by atoms with Crippen molar-refractivity contribution in [2.24, 2.45) is 0 Å². The highest BCUT2D eigenvalue weighted by molar-refractivity contribution is 5.89. The molecule has 102 valence electrons. The quantitative estimate of drug-likeness (QED) is 0.292. The number of carboxylic acid groups (broad SMARTS) is 4. The van der Waals surface area contributed by atoms with E-state index in [2.05, 4.69) is 0 Å². The fourth-order valence-electron chi connectivity index (χ4n) is 0.413. The molecule has 0 fully saturated rings. The highest BCUT2D eigenvalue weighted by atomic mass is 16.4. The molecule has 2 unspecified atom stereocenters.